The lowest BCUT2D eigenvalue weighted by Gasteiger charge is -2.30. The highest BCUT2D eigenvalue weighted by atomic mass is 35.5. The Kier molecular flexibility index (Phi) is 6.05. The molecule has 1 fully saturated rings. The zero-order valence-corrected chi connectivity index (χ0v) is 14.1. The van der Waals surface area contributed by atoms with E-state index >= 15 is 0 Å². The Morgan fingerprint density at radius 2 is 2.33 bits per heavy atom. The molecule has 0 bridgehead atoms. The highest BCUT2D eigenvalue weighted by Crippen LogP contribution is 2.24. The molecular formula is C15H24ClN3OS. The van der Waals surface area contributed by atoms with E-state index in [1.807, 2.05) is 23.3 Å². The van der Waals surface area contributed by atoms with Crippen molar-refractivity contribution in [3.05, 3.63) is 21.9 Å². The van der Waals surface area contributed by atoms with Gasteiger partial charge in [-0.1, -0.05) is 0 Å². The summed E-state index contributed by atoms with van der Waals surface area (Å²) in [5, 5.41) is 5.38. The molecule has 3 rings (SSSR count). The van der Waals surface area contributed by atoms with E-state index in [2.05, 4.69) is 21.7 Å². The average Bonchev–Trinajstić information content (AvgIpc) is 3.07. The van der Waals surface area contributed by atoms with Gasteiger partial charge >= 0.3 is 0 Å². The second kappa shape index (κ2) is 7.58. The summed E-state index contributed by atoms with van der Waals surface area (Å²) < 4.78 is 0. The molecule has 1 saturated heterocycles. The van der Waals surface area contributed by atoms with E-state index in [-0.39, 0.29) is 12.4 Å². The first-order chi connectivity index (χ1) is 9.78. The predicted molar refractivity (Wildman–Crippen MR) is 89.2 cm³/mol. The molecule has 1 amide bonds. The lowest BCUT2D eigenvalue weighted by Crippen LogP contribution is -2.45. The minimum atomic E-state index is 0. The monoisotopic (exact) mass is 329 g/mol. The van der Waals surface area contributed by atoms with Crippen LogP contribution in [-0.4, -0.2) is 55.0 Å². The molecular weight excluding hydrogens is 306 g/mol. The normalized spacial score (nSPS) is 22.0. The lowest BCUT2D eigenvalue weighted by molar-refractivity contribution is -0.133. The summed E-state index contributed by atoms with van der Waals surface area (Å²) in [5.41, 5.74) is 1.35. The van der Waals surface area contributed by atoms with Gasteiger partial charge in [-0.2, -0.15) is 0 Å². The fraction of sp³-hybridized carbons (Fsp3) is 0.667. The molecule has 0 aliphatic carbocycles. The van der Waals surface area contributed by atoms with Crippen molar-refractivity contribution in [1.29, 1.82) is 0 Å². The van der Waals surface area contributed by atoms with Gasteiger partial charge in [0.15, 0.2) is 0 Å². The number of thiophene rings is 1. The lowest BCUT2D eigenvalue weighted by atomic mass is 10.1. The van der Waals surface area contributed by atoms with E-state index in [0.717, 1.165) is 32.6 Å². The first-order valence-electron chi connectivity index (χ1n) is 7.49. The zero-order valence-electron chi connectivity index (χ0n) is 12.5. The molecule has 118 valence electrons. The zero-order chi connectivity index (χ0) is 13.9. The molecule has 0 aromatic carbocycles. The predicted octanol–water partition coefficient (Wildman–Crippen LogP) is 1.74. The number of hydrogen-bond acceptors (Lipinski definition) is 4. The van der Waals surface area contributed by atoms with Crippen molar-refractivity contribution in [3.8, 4) is 0 Å². The first kappa shape index (κ1) is 16.7. The first-order valence-corrected chi connectivity index (χ1v) is 8.37. The van der Waals surface area contributed by atoms with Crippen LogP contribution < -0.4 is 5.32 Å². The highest BCUT2D eigenvalue weighted by molar-refractivity contribution is 7.10. The number of likely N-dealkylation sites (N-methyl/N-ethyl adjacent to an activating group) is 1. The molecule has 21 heavy (non-hydrogen) atoms. The summed E-state index contributed by atoms with van der Waals surface area (Å²) in [5.74, 6) is 0.296. The number of likely N-dealkylation sites (tertiary alicyclic amines) is 1. The smallest absolute Gasteiger partial charge is 0.237 e. The van der Waals surface area contributed by atoms with Crippen molar-refractivity contribution in [2.75, 3.05) is 33.2 Å². The summed E-state index contributed by atoms with van der Waals surface area (Å²) in [6, 6.07) is 2.70. The van der Waals surface area contributed by atoms with Crippen molar-refractivity contribution in [1.82, 2.24) is 15.1 Å². The van der Waals surface area contributed by atoms with Crippen LogP contribution in [0.3, 0.4) is 0 Å². The largest absolute Gasteiger partial charge is 0.337 e. The Morgan fingerprint density at radius 3 is 3.14 bits per heavy atom. The minimum absolute atomic E-state index is 0. The fourth-order valence-corrected chi connectivity index (χ4v) is 4.19. The van der Waals surface area contributed by atoms with E-state index in [4.69, 9.17) is 0 Å². The summed E-state index contributed by atoms with van der Waals surface area (Å²) in [6.45, 7) is 4.34. The van der Waals surface area contributed by atoms with Crippen molar-refractivity contribution >= 4 is 29.7 Å². The summed E-state index contributed by atoms with van der Waals surface area (Å²) >= 11 is 1.82. The second-order valence-electron chi connectivity index (χ2n) is 5.76. The Morgan fingerprint density at radius 1 is 1.48 bits per heavy atom. The molecule has 2 aliphatic heterocycles. The maximum absolute atomic E-state index is 12.5. The van der Waals surface area contributed by atoms with Crippen molar-refractivity contribution in [2.45, 2.75) is 31.8 Å². The Balaban J connectivity index is 0.00000161. The summed E-state index contributed by atoms with van der Waals surface area (Å²) in [6.07, 6.45) is 3.45. The van der Waals surface area contributed by atoms with Crippen LogP contribution in [0.5, 0.6) is 0 Å². The van der Waals surface area contributed by atoms with Gasteiger partial charge in [0, 0.05) is 30.6 Å². The van der Waals surface area contributed by atoms with Crippen LogP contribution in [0.25, 0.3) is 0 Å². The SMILES string of the molecule is CNCC1CCCN1CC(=O)N1CCc2sccc2C1.Cl. The average molecular weight is 330 g/mol. The van der Waals surface area contributed by atoms with Crippen LogP contribution >= 0.6 is 23.7 Å². The van der Waals surface area contributed by atoms with Crippen molar-refractivity contribution in [3.63, 3.8) is 0 Å². The molecule has 1 N–H and O–H groups in total. The van der Waals surface area contributed by atoms with Gasteiger partial charge in [0.1, 0.15) is 0 Å². The molecule has 1 atom stereocenters. The maximum atomic E-state index is 12.5. The van der Waals surface area contributed by atoms with Crippen LogP contribution in [-0.2, 0) is 17.8 Å². The van der Waals surface area contributed by atoms with Crippen LogP contribution in [0.4, 0.5) is 0 Å². The third-order valence-corrected chi connectivity index (χ3v) is 5.46. The molecule has 6 heteroatoms. The number of nitrogens with zero attached hydrogens (tertiary/aromatic N) is 2. The van der Waals surface area contributed by atoms with E-state index in [1.165, 1.54) is 23.3 Å². The third-order valence-electron chi connectivity index (χ3n) is 4.44. The summed E-state index contributed by atoms with van der Waals surface area (Å²) in [4.78, 5) is 18.3. The molecule has 3 heterocycles. The van der Waals surface area contributed by atoms with Gasteiger partial charge in [-0.3, -0.25) is 9.69 Å². The molecule has 0 radical (unpaired) electrons. The standard InChI is InChI=1S/C15H23N3OS.ClH/c1-16-9-13-3-2-6-17(13)11-15(19)18-7-4-14-12(10-18)5-8-20-14;/h5,8,13,16H,2-4,6-7,9-11H2,1H3;1H. The van der Waals surface area contributed by atoms with Crippen LogP contribution in [0.2, 0.25) is 0 Å². The van der Waals surface area contributed by atoms with Gasteiger partial charge in [0.2, 0.25) is 5.91 Å². The number of fused-ring (bicyclic) bond motifs is 1. The van der Waals surface area contributed by atoms with Gasteiger partial charge in [-0.15, -0.1) is 23.7 Å². The molecule has 0 saturated carbocycles. The Hall–Kier alpha value is -0.620. The molecule has 0 spiro atoms. The number of hydrogen-bond donors (Lipinski definition) is 1. The summed E-state index contributed by atoms with van der Waals surface area (Å²) in [7, 11) is 1.99. The van der Waals surface area contributed by atoms with Gasteiger partial charge in [-0.25, -0.2) is 0 Å². The number of carbonyl (C=O) groups excluding carboxylic acids is 1. The van der Waals surface area contributed by atoms with Crippen molar-refractivity contribution in [2.24, 2.45) is 0 Å². The third kappa shape index (κ3) is 3.77. The highest BCUT2D eigenvalue weighted by Gasteiger charge is 2.28. The second-order valence-corrected chi connectivity index (χ2v) is 6.76. The number of halogens is 1. The van der Waals surface area contributed by atoms with E-state index in [0.29, 0.717) is 18.5 Å². The van der Waals surface area contributed by atoms with Crippen LogP contribution in [0, 0.1) is 0 Å². The van der Waals surface area contributed by atoms with E-state index in [1.54, 1.807) is 0 Å². The van der Waals surface area contributed by atoms with E-state index in [9.17, 15) is 4.79 Å². The molecule has 1 unspecified atom stereocenters. The number of nitrogens with one attached hydrogen (secondary N) is 1. The maximum Gasteiger partial charge on any atom is 0.237 e. The van der Waals surface area contributed by atoms with Crippen molar-refractivity contribution < 1.29 is 4.79 Å². The molecule has 4 nitrogen and oxygen atoms in total. The Bertz CT molecular complexity index is 479. The topological polar surface area (TPSA) is 35.6 Å². The molecule has 1 aromatic heterocycles. The van der Waals surface area contributed by atoms with Crippen LogP contribution in [0.15, 0.2) is 11.4 Å². The van der Waals surface area contributed by atoms with Crippen LogP contribution in [0.1, 0.15) is 23.3 Å². The Labute approximate surface area is 136 Å². The van der Waals surface area contributed by atoms with Gasteiger partial charge in [0.05, 0.1) is 6.54 Å². The molecule has 1 aromatic rings. The number of carbonyl (C=O) groups is 1. The van der Waals surface area contributed by atoms with E-state index < -0.39 is 0 Å². The quantitative estimate of drug-likeness (QED) is 0.914. The van der Waals surface area contributed by atoms with Gasteiger partial charge in [-0.05, 0) is 49.9 Å². The van der Waals surface area contributed by atoms with Gasteiger partial charge < -0.3 is 10.2 Å². The molecule has 2 aliphatic rings. The number of amides is 1. The minimum Gasteiger partial charge on any atom is -0.337 e. The fourth-order valence-electron chi connectivity index (χ4n) is 3.31. The van der Waals surface area contributed by atoms with Gasteiger partial charge in [0.25, 0.3) is 0 Å². The number of rotatable bonds is 4.